The van der Waals surface area contributed by atoms with Crippen LogP contribution in [0.5, 0.6) is 0 Å². The molecular formula is C20H34O2. The van der Waals surface area contributed by atoms with Crippen molar-refractivity contribution in [3.8, 4) is 0 Å². The molecule has 0 spiro atoms. The van der Waals surface area contributed by atoms with Gasteiger partial charge in [0, 0.05) is 0 Å². The van der Waals surface area contributed by atoms with E-state index in [9.17, 15) is 4.79 Å². The van der Waals surface area contributed by atoms with Crippen LogP contribution in [0.15, 0.2) is 36.5 Å². The highest BCUT2D eigenvalue weighted by atomic mass is 16.4. The SMILES string of the molecule is CCCCC=CCCCCCCCCC=CC=CCC(=O)O. The van der Waals surface area contributed by atoms with E-state index in [1.807, 2.05) is 12.2 Å². The zero-order chi connectivity index (χ0) is 16.3. The van der Waals surface area contributed by atoms with Crippen LogP contribution >= 0.6 is 0 Å². The summed E-state index contributed by atoms with van der Waals surface area (Å²) in [5.41, 5.74) is 0. The summed E-state index contributed by atoms with van der Waals surface area (Å²) in [6.45, 7) is 2.24. The second-order valence-corrected chi connectivity index (χ2v) is 5.77. The molecule has 0 amide bonds. The largest absolute Gasteiger partial charge is 0.481 e. The molecule has 0 aromatic carbocycles. The van der Waals surface area contributed by atoms with E-state index >= 15 is 0 Å². The van der Waals surface area contributed by atoms with Gasteiger partial charge in [0.2, 0.25) is 0 Å². The van der Waals surface area contributed by atoms with Gasteiger partial charge in [0.25, 0.3) is 0 Å². The highest BCUT2D eigenvalue weighted by Gasteiger charge is 1.90. The topological polar surface area (TPSA) is 37.3 Å². The zero-order valence-corrected chi connectivity index (χ0v) is 14.3. The van der Waals surface area contributed by atoms with Gasteiger partial charge >= 0.3 is 5.97 Å². The fourth-order valence-electron chi connectivity index (χ4n) is 2.21. The number of carboxylic acid groups (broad SMARTS) is 1. The van der Waals surface area contributed by atoms with Crippen LogP contribution in [0.2, 0.25) is 0 Å². The van der Waals surface area contributed by atoms with Crippen LogP contribution in [0, 0.1) is 0 Å². The molecule has 0 heterocycles. The van der Waals surface area contributed by atoms with E-state index in [2.05, 4.69) is 25.2 Å². The summed E-state index contributed by atoms with van der Waals surface area (Å²) in [6, 6.07) is 0. The second kappa shape index (κ2) is 17.7. The number of carbonyl (C=O) groups is 1. The van der Waals surface area contributed by atoms with Gasteiger partial charge in [0.1, 0.15) is 0 Å². The van der Waals surface area contributed by atoms with E-state index in [4.69, 9.17) is 5.11 Å². The Morgan fingerprint density at radius 1 is 0.727 bits per heavy atom. The molecule has 0 aromatic rings. The average Bonchev–Trinajstić information content (AvgIpc) is 2.50. The Hall–Kier alpha value is -1.31. The van der Waals surface area contributed by atoms with Crippen LogP contribution in [0.3, 0.4) is 0 Å². The number of carboxylic acids is 1. The number of aliphatic carboxylic acids is 1. The maximum atomic E-state index is 10.3. The molecule has 0 radical (unpaired) electrons. The minimum Gasteiger partial charge on any atom is -0.481 e. The Bertz CT molecular complexity index is 327. The molecule has 126 valence electrons. The lowest BCUT2D eigenvalue weighted by atomic mass is 10.1. The first-order chi connectivity index (χ1) is 10.8. The predicted molar refractivity (Wildman–Crippen MR) is 96.1 cm³/mol. The molecular weight excluding hydrogens is 272 g/mol. The smallest absolute Gasteiger partial charge is 0.307 e. The first-order valence-corrected chi connectivity index (χ1v) is 8.95. The summed E-state index contributed by atoms with van der Waals surface area (Å²) in [5.74, 6) is -0.777. The van der Waals surface area contributed by atoms with Gasteiger partial charge in [-0.3, -0.25) is 4.79 Å². The molecule has 0 fully saturated rings. The lowest BCUT2D eigenvalue weighted by molar-refractivity contribution is -0.136. The molecule has 0 saturated carbocycles. The Balaban J connectivity index is 3.20. The van der Waals surface area contributed by atoms with Gasteiger partial charge in [-0.25, -0.2) is 0 Å². The maximum Gasteiger partial charge on any atom is 0.307 e. The van der Waals surface area contributed by atoms with E-state index in [1.54, 1.807) is 6.08 Å². The minimum atomic E-state index is -0.777. The van der Waals surface area contributed by atoms with Crippen molar-refractivity contribution in [2.24, 2.45) is 0 Å². The molecule has 2 nitrogen and oxygen atoms in total. The molecule has 0 aromatic heterocycles. The molecule has 1 N–H and O–H groups in total. The van der Waals surface area contributed by atoms with Gasteiger partial charge in [0.05, 0.1) is 6.42 Å². The molecule has 0 atom stereocenters. The Kier molecular flexibility index (Phi) is 16.7. The standard InChI is InChI=1S/C20H34O2/c1-2-3-4-5-6-7-8-9-10-11-12-13-14-15-16-17-18-19-20(21)22/h5-6,15-18H,2-4,7-14,19H2,1H3,(H,21,22). The minimum absolute atomic E-state index is 0.109. The van der Waals surface area contributed by atoms with Crippen molar-refractivity contribution < 1.29 is 9.90 Å². The highest BCUT2D eigenvalue weighted by Crippen LogP contribution is 2.09. The van der Waals surface area contributed by atoms with E-state index < -0.39 is 5.97 Å². The van der Waals surface area contributed by atoms with Gasteiger partial charge in [-0.1, -0.05) is 81.9 Å². The Morgan fingerprint density at radius 2 is 1.23 bits per heavy atom. The molecule has 2 heteroatoms. The van der Waals surface area contributed by atoms with Crippen molar-refractivity contribution >= 4 is 5.97 Å². The van der Waals surface area contributed by atoms with Crippen LogP contribution in [0.4, 0.5) is 0 Å². The highest BCUT2D eigenvalue weighted by molar-refractivity contribution is 5.68. The summed E-state index contributed by atoms with van der Waals surface area (Å²) in [7, 11) is 0. The Labute approximate surface area is 137 Å². The van der Waals surface area contributed by atoms with Crippen molar-refractivity contribution in [1.82, 2.24) is 0 Å². The number of rotatable bonds is 15. The van der Waals surface area contributed by atoms with Gasteiger partial charge in [-0.2, -0.15) is 0 Å². The fraction of sp³-hybridized carbons (Fsp3) is 0.650. The zero-order valence-electron chi connectivity index (χ0n) is 14.3. The van der Waals surface area contributed by atoms with E-state index in [1.165, 1.54) is 64.2 Å². The van der Waals surface area contributed by atoms with Crippen LogP contribution in [-0.2, 0) is 4.79 Å². The molecule has 0 aliphatic rings. The number of hydrogen-bond donors (Lipinski definition) is 1. The second-order valence-electron chi connectivity index (χ2n) is 5.77. The monoisotopic (exact) mass is 306 g/mol. The first kappa shape index (κ1) is 20.7. The summed E-state index contributed by atoms with van der Waals surface area (Å²) >= 11 is 0. The van der Waals surface area contributed by atoms with E-state index in [-0.39, 0.29) is 6.42 Å². The predicted octanol–water partition coefficient (Wildman–Crippen LogP) is 6.44. The summed E-state index contributed by atoms with van der Waals surface area (Å²) < 4.78 is 0. The third-order valence-electron chi connectivity index (χ3n) is 3.56. The van der Waals surface area contributed by atoms with Gasteiger partial charge in [-0.05, 0) is 32.1 Å². The lowest BCUT2D eigenvalue weighted by Gasteiger charge is -1.99. The van der Waals surface area contributed by atoms with Crippen molar-refractivity contribution in [2.75, 3.05) is 0 Å². The molecule has 0 saturated heterocycles. The number of unbranched alkanes of at least 4 members (excludes halogenated alkanes) is 9. The third kappa shape index (κ3) is 18.7. The van der Waals surface area contributed by atoms with Crippen LogP contribution < -0.4 is 0 Å². The summed E-state index contributed by atoms with van der Waals surface area (Å²) in [5, 5.41) is 8.46. The summed E-state index contributed by atoms with van der Waals surface area (Å²) in [4.78, 5) is 10.3. The van der Waals surface area contributed by atoms with E-state index in [0.29, 0.717) is 0 Å². The van der Waals surface area contributed by atoms with Crippen LogP contribution in [0.25, 0.3) is 0 Å². The van der Waals surface area contributed by atoms with Crippen molar-refractivity contribution in [1.29, 1.82) is 0 Å². The van der Waals surface area contributed by atoms with Crippen molar-refractivity contribution in [2.45, 2.75) is 84.0 Å². The van der Waals surface area contributed by atoms with Crippen LogP contribution in [0.1, 0.15) is 84.0 Å². The van der Waals surface area contributed by atoms with Crippen molar-refractivity contribution in [3.05, 3.63) is 36.5 Å². The summed E-state index contributed by atoms with van der Waals surface area (Å²) in [6.07, 6.45) is 26.5. The van der Waals surface area contributed by atoms with E-state index in [0.717, 1.165) is 6.42 Å². The molecule has 0 aliphatic heterocycles. The van der Waals surface area contributed by atoms with Crippen molar-refractivity contribution in [3.63, 3.8) is 0 Å². The molecule has 0 bridgehead atoms. The molecule has 22 heavy (non-hydrogen) atoms. The normalized spacial score (nSPS) is 12.0. The third-order valence-corrected chi connectivity index (χ3v) is 3.56. The average molecular weight is 306 g/mol. The molecule has 0 rings (SSSR count). The number of allylic oxidation sites excluding steroid dienone is 5. The molecule has 0 unspecified atom stereocenters. The quantitative estimate of drug-likeness (QED) is 0.215. The fourth-order valence-corrected chi connectivity index (χ4v) is 2.21. The first-order valence-electron chi connectivity index (χ1n) is 8.95. The van der Waals surface area contributed by atoms with Gasteiger partial charge < -0.3 is 5.11 Å². The van der Waals surface area contributed by atoms with Crippen LogP contribution in [-0.4, -0.2) is 11.1 Å². The van der Waals surface area contributed by atoms with Gasteiger partial charge in [0.15, 0.2) is 0 Å². The number of hydrogen-bond acceptors (Lipinski definition) is 1. The van der Waals surface area contributed by atoms with Gasteiger partial charge in [-0.15, -0.1) is 0 Å². The lowest BCUT2D eigenvalue weighted by Crippen LogP contribution is -1.89. The molecule has 0 aliphatic carbocycles. The Morgan fingerprint density at radius 3 is 1.82 bits per heavy atom. The maximum absolute atomic E-state index is 10.3.